The molecule has 30 heteroatoms. The molecule has 0 bridgehead atoms. The number of nitrogen functional groups attached to an aromatic ring is 6. The van der Waals surface area contributed by atoms with Crippen molar-refractivity contribution >= 4 is 118 Å². The molecule has 5 aromatic rings. The van der Waals surface area contributed by atoms with Gasteiger partial charge in [0.25, 0.3) is 22.2 Å². The lowest BCUT2D eigenvalue weighted by Gasteiger charge is -1.99. The van der Waals surface area contributed by atoms with Crippen LogP contribution >= 0.6 is 60.8 Å². The molecular weight excluding hydrogens is 832 g/mol. The highest BCUT2D eigenvalue weighted by molar-refractivity contribution is 7.98. The van der Waals surface area contributed by atoms with E-state index in [9.17, 15) is 38.4 Å². The first-order chi connectivity index (χ1) is 25.7. The van der Waals surface area contributed by atoms with Gasteiger partial charge in [0, 0.05) is 11.5 Å². The molecule has 0 atom stereocenters. The summed E-state index contributed by atoms with van der Waals surface area (Å²) in [6.07, 6.45) is 1.73. The van der Waals surface area contributed by atoms with E-state index in [1.807, 2.05) is 0 Å². The number of ether oxygens (including phenoxy) is 1. The van der Waals surface area contributed by atoms with Crippen LogP contribution in [0, 0.1) is 4.77 Å². The third-order valence-electron chi connectivity index (χ3n) is 5.58. The maximum Gasteiger partial charge on any atom is 0.391 e. The number of esters is 1. The van der Waals surface area contributed by atoms with Crippen molar-refractivity contribution in [3.05, 3.63) is 78.5 Å². The van der Waals surface area contributed by atoms with E-state index in [1.165, 1.54) is 11.8 Å². The summed E-state index contributed by atoms with van der Waals surface area (Å²) in [5.41, 5.74) is 28.0. The fourth-order valence-electron chi connectivity index (χ4n) is 3.04. The van der Waals surface area contributed by atoms with Gasteiger partial charge in [-0.05, 0) is 37.0 Å². The molecule has 0 aliphatic heterocycles. The number of thiol groups is 2. The lowest BCUT2D eigenvalue weighted by atomic mass is 10.5. The molecular formula is C25H33ClN16O9S4. The van der Waals surface area contributed by atoms with E-state index in [0.717, 1.165) is 0 Å². The first kappa shape index (κ1) is 47.0. The Morgan fingerprint density at radius 1 is 0.691 bits per heavy atom. The molecule has 0 spiro atoms. The number of halogens is 1. The molecule has 298 valence electrons. The van der Waals surface area contributed by atoms with Crippen LogP contribution in [0.15, 0.2) is 33.9 Å². The van der Waals surface area contributed by atoms with Gasteiger partial charge in [-0.2, -0.15) is 25.3 Å². The Kier molecular flexibility index (Phi) is 19.0. The Balaban J connectivity index is 0.000000350. The SMILES string of the molecule is CCOC(=O)C(=O)Cl.CSc1nc2[nH]c(=O)c(=O)[nH]c2c(=O)[nH]1.Nc1[nH]c(=S)[nH]c(=O)c1N.Nc1nc(CS)[nH]c(=O)c1N.Nc1nc(CS)[nH]c(=O)c1N. The largest absolute Gasteiger partial charge is 0.459 e. The van der Waals surface area contributed by atoms with Gasteiger partial charge in [-0.15, -0.1) is 0 Å². The first-order valence-electron chi connectivity index (χ1n) is 14.3. The molecule has 19 N–H and O–H groups in total. The molecule has 25 nitrogen and oxygen atoms in total. The molecule has 0 aliphatic rings. The first-order valence-corrected chi connectivity index (χ1v) is 17.5. The van der Waals surface area contributed by atoms with Crippen LogP contribution in [0.4, 0.5) is 34.5 Å². The second kappa shape index (κ2) is 22.2. The number of carbonyl (C=O) groups excluding carboxylic acids is 2. The highest BCUT2D eigenvalue weighted by Crippen LogP contribution is 2.07. The molecule has 0 unspecified atom stereocenters. The number of anilines is 6. The van der Waals surface area contributed by atoms with Crippen molar-refractivity contribution in [2.75, 3.05) is 47.3 Å². The molecule has 5 heterocycles. The Morgan fingerprint density at radius 2 is 1.16 bits per heavy atom. The number of thioether (sulfide) groups is 1. The molecule has 5 aromatic heterocycles. The fraction of sp³-hybridized carbons (Fsp3) is 0.200. The average Bonchev–Trinajstić information content (AvgIpc) is 3.13. The average molecular weight is 865 g/mol. The zero-order valence-electron chi connectivity index (χ0n) is 28.2. The van der Waals surface area contributed by atoms with Crippen molar-refractivity contribution in [3.63, 3.8) is 0 Å². The van der Waals surface area contributed by atoms with Gasteiger partial charge in [-0.3, -0.25) is 43.5 Å². The number of carbonyl (C=O) groups is 2. The Hall–Kier alpha value is -6.04. The summed E-state index contributed by atoms with van der Waals surface area (Å²) >= 11 is 18.3. The maximum absolute atomic E-state index is 11.4. The van der Waals surface area contributed by atoms with Crippen molar-refractivity contribution in [3.8, 4) is 0 Å². The molecule has 55 heavy (non-hydrogen) atoms. The Morgan fingerprint density at radius 3 is 1.55 bits per heavy atom. The molecule has 0 fully saturated rings. The maximum atomic E-state index is 11.4. The Labute approximate surface area is 330 Å². The zero-order chi connectivity index (χ0) is 42.2. The molecule has 0 saturated heterocycles. The number of hydrogen-bond donors (Lipinski definition) is 15. The normalized spacial score (nSPS) is 9.84. The van der Waals surface area contributed by atoms with E-state index in [1.54, 1.807) is 13.2 Å². The number of nitrogens with two attached hydrogens (primary N) is 6. The lowest BCUT2D eigenvalue weighted by molar-refractivity contribution is -0.149. The summed E-state index contributed by atoms with van der Waals surface area (Å²) in [5, 5.41) is -0.706. The van der Waals surface area contributed by atoms with Gasteiger partial charge in [-0.1, -0.05) is 11.8 Å². The number of aromatic nitrogens is 10. The number of aromatic amines is 7. The van der Waals surface area contributed by atoms with E-state index in [0.29, 0.717) is 28.3 Å². The van der Waals surface area contributed by atoms with Gasteiger partial charge in [0.15, 0.2) is 32.7 Å². The van der Waals surface area contributed by atoms with E-state index < -0.39 is 44.6 Å². The minimum absolute atomic E-state index is 0.0302. The quantitative estimate of drug-likeness (QED) is 0.0167. The van der Waals surface area contributed by atoms with E-state index in [-0.39, 0.29) is 57.1 Å². The van der Waals surface area contributed by atoms with Crippen LogP contribution in [-0.2, 0) is 25.8 Å². The third kappa shape index (κ3) is 14.7. The van der Waals surface area contributed by atoms with Gasteiger partial charge in [0.05, 0.1) is 6.61 Å². The Bertz CT molecular complexity index is 2500. The summed E-state index contributed by atoms with van der Waals surface area (Å²) in [7, 11) is 0. The molecule has 0 aromatic carbocycles. The second-order valence-corrected chi connectivity index (χ2v) is 11.6. The van der Waals surface area contributed by atoms with Crippen LogP contribution in [0.1, 0.15) is 18.6 Å². The number of fused-ring (bicyclic) bond motifs is 1. The van der Waals surface area contributed by atoms with E-state index in [2.05, 4.69) is 92.1 Å². The smallest absolute Gasteiger partial charge is 0.391 e. The molecule has 0 aliphatic carbocycles. The van der Waals surface area contributed by atoms with Crippen LogP contribution in [0.2, 0.25) is 0 Å². The van der Waals surface area contributed by atoms with E-state index >= 15 is 0 Å². The minimum atomic E-state index is -1.08. The van der Waals surface area contributed by atoms with Gasteiger partial charge in [0.1, 0.15) is 34.5 Å². The van der Waals surface area contributed by atoms with Crippen molar-refractivity contribution in [1.29, 1.82) is 0 Å². The fourth-order valence-corrected chi connectivity index (χ4v) is 3.97. The van der Waals surface area contributed by atoms with Crippen LogP contribution in [0.5, 0.6) is 0 Å². The van der Waals surface area contributed by atoms with Crippen molar-refractivity contribution in [2.24, 2.45) is 0 Å². The standard InChI is InChI=1S/C7H6N4O3S.2C5H8N4OS.C4H5ClO3.C4H6N4OS/c1-15-7-10-3-2(4(12)11-7)8-5(13)6(14)9-3;2*6-3-4(7)8-2(1-11)9-5(3)10;1-2-8-4(7)3(5)6;5-1-2(6)7-4(10)8-3(1)9/h1H3,(H,8,13)(H2,9,10,11,12,14);2*11H,1,6H2,(H3,7,8,9,10);2H2,1H3;5H2,(H4,6,7,8,9,10). The number of H-pyrrole nitrogens is 7. The zero-order valence-corrected chi connectivity index (χ0v) is 32.4. The van der Waals surface area contributed by atoms with Gasteiger partial charge in [-0.25, -0.2) is 19.7 Å². The van der Waals surface area contributed by atoms with Crippen molar-refractivity contribution in [2.45, 2.75) is 23.6 Å². The number of nitrogens with one attached hydrogen (secondary N) is 7. The molecule has 0 radical (unpaired) electrons. The number of rotatable bonds is 5. The highest BCUT2D eigenvalue weighted by atomic mass is 35.5. The monoisotopic (exact) mass is 864 g/mol. The summed E-state index contributed by atoms with van der Waals surface area (Å²) < 4.78 is 4.36. The van der Waals surface area contributed by atoms with Gasteiger partial charge >= 0.3 is 22.3 Å². The third-order valence-corrected chi connectivity index (χ3v) is 7.12. The van der Waals surface area contributed by atoms with Crippen LogP contribution in [-0.4, -0.2) is 73.9 Å². The van der Waals surface area contributed by atoms with Crippen molar-refractivity contribution < 1.29 is 14.3 Å². The summed E-state index contributed by atoms with van der Waals surface area (Å²) in [6.45, 7) is 1.77. The molecule has 0 amide bonds. The van der Waals surface area contributed by atoms with E-state index in [4.69, 9.17) is 46.0 Å². The summed E-state index contributed by atoms with van der Waals surface area (Å²) in [4.78, 5) is 114. The van der Waals surface area contributed by atoms with Crippen LogP contribution < -0.4 is 67.8 Å². The van der Waals surface area contributed by atoms with Gasteiger partial charge < -0.3 is 64.1 Å². The summed E-state index contributed by atoms with van der Waals surface area (Å²) in [6, 6.07) is 0. The highest BCUT2D eigenvalue weighted by Gasteiger charge is 2.09. The van der Waals surface area contributed by atoms with Crippen molar-refractivity contribution in [1.82, 2.24) is 49.8 Å². The topological polar surface area (TPSA) is 451 Å². The molecule has 0 saturated carbocycles. The predicted octanol–water partition coefficient (Wildman–Crippen LogP) is -2.34. The predicted molar refractivity (Wildman–Crippen MR) is 217 cm³/mol. The van der Waals surface area contributed by atoms with Crippen LogP contribution in [0.25, 0.3) is 11.2 Å². The second-order valence-electron chi connectivity index (χ2n) is 9.38. The summed E-state index contributed by atoms with van der Waals surface area (Å²) in [5.74, 6) is 0.730. The lowest BCUT2D eigenvalue weighted by Crippen LogP contribution is -2.31. The van der Waals surface area contributed by atoms with Crippen LogP contribution in [0.3, 0.4) is 0 Å². The minimum Gasteiger partial charge on any atom is -0.459 e. The van der Waals surface area contributed by atoms with Gasteiger partial charge in [0.2, 0.25) is 0 Å². The number of hydrogen-bond acceptors (Lipinski definition) is 22. The molecule has 5 rings (SSSR count). The number of nitrogens with zero attached hydrogens (tertiary/aromatic N) is 3.